The number of halogens is 3. The van der Waals surface area contributed by atoms with E-state index < -0.39 is 18.0 Å². The SMILES string of the molecule is O=C([C@H]1CCCC[C@@H]1C(F)(F)F)N1CCC(c2c[nH]c3ncccc23)CC1. The number of pyridine rings is 1. The predicted molar refractivity (Wildman–Crippen MR) is 96.2 cm³/mol. The van der Waals surface area contributed by atoms with Crippen LogP contribution in [0.25, 0.3) is 11.0 Å². The molecule has 0 unspecified atom stereocenters. The van der Waals surface area contributed by atoms with Crippen molar-refractivity contribution in [2.45, 2.75) is 50.6 Å². The van der Waals surface area contributed by atoms with Crippen LogP contribution in [0.5, 0.6) is 0 Å². The second kappa shape index (κ2) is 7.17. The van der Waals surface area contributed by atoms with Crippen molar-refractivity contribution in [3.63, 3.8) is 0 Å². The van der Waals surface area contributed by atoms with Crippen LogP contribution in [0, 0.1) is 11.8 Å². The third kappa shape index (κ3) is 3.56. The summed E-state index contributed by atoms with van der Waals surface area (Å²) in [4.78, 5) is 22.0. The maximum atomic E-state index is 13.3. The van der Waals surface area contributed by atoms with E-state index in [2.05, 4.69) is 9.97 Å². The van der Waals surface area contributed by atoms with Gasteiger partial charge in [0.05, 0.1) is 5.92 Å². The molecule has 0 spiro atoms. The van der Waals surface area contributed by atoms with Gasteiger partial charge in [-0.2, -0.15) is 13.2 Å². The van der Waals surface area contributed by atoms with Gasteiger partial charge < -0.3 is 9.88 Å². The molecule has 27 heavy (non-hydrogen) atoms. The van der Waals surface area contributed by atoms with Crippen LogP contribution in [0.3, 0.4) is 0 Å². The molecule has 0 aromatic carbocycles. The molecule has 2 atom stereocenters. The van der Waals surface area contributed by atoms with E-state index in [-0.39, 0.29) is 12.3 Å². The largest absolute Gasteiger partial charge is 0.392 e. The van der Waals surface area contributed by atoms with Crippen molar-refractivity contribution in [1.82, 2.24) is 14.9 Å². The van der Waals surface area contributed by atoms with Crippen LogP contribution in [0.1, 0.15) is 50.0 Å². The summed E-state index contributed by atoms with van der Waals surface area (Å²) < 4.78 is 40.0. The fourth-order valence-electron chi connectivity index (χ4n) is 4.78. The number of piperidine rings is 1. The first-order valence-corrected chi connectivity index (χ1v) is 9.72. The Morgan fingerprint density at radius 1 is 1.15 bits per heavy atom. The minimum Gasteiger partial charge on any atom is -0.346 e. The lowest BCUT2D eigenvalue weighted by molar-refractivity contribution is -0.201. The number of fused-ring (bicyclic) bond motifs is 1. The molecule has 1 aliphatic carbocycles. The van der Waals surface area contributed by atoms with Crippen molar-refractivity contribution in [3.8, 4) is 0 Å². The molecule has 2 aromatic rings. The second-order valence-corrected chi connectivity index (χ2v) is 7.78. The number of nitrogens with one attached hydrogen (secondary N) is 1. The van der Waals surface area contributed by atoms with Gasteiger partial charge in [-0.1, -0.05) is 12.8 Å². The average molecular weight is 379 g/mol. The van der Waals surface area contributed by atoms with Crippen molar-refractivity contribution >= 4 is 16.9 Å². The molecule has 2 aliphatic rings. The van der Waals surface area contributed by atoms with Crippen LogP contribution < -0.4 is 0 Å². The number of rotatable bonds is 2. The van der Waals surface area contributed by atoms with Crippen molar-refractivity contribution < 1.29 is 18.0 Å². The molecule has 1 saturated carbocycles. The zero-order valence-electron chi connectivity index (χ0n) is 15.1. The highest BCUT2D eigenvalue weighted by Crippen LogP contribution is 2.43. The Morgan fingerprint density at radius 3 is 2.63 bits per heavy atom. The van der Waals surface area contributed by atoms with Crippen LogP contribution in [0.15, 0.2) is 24.5 Å². The van der Waals surface area contributed by atoms with Crippen molar-refractivity contribution in [1.29, 1.82) is 0 Å². The van der Waals surface area contributed by atoms with Gasteiger partial charge in [0.1, 0.15) is 5.65 Å². The van der Waals surface area contributed by atoms with Crippen molar-refractivity contribution in [2.24, 2.45) is 11.8 Å². The number of likely N-dealkylation sites (tertiary alicyclic amines) is 1. The van der Waals surface area contributed by atoms with E-state index in [4.69, 9.17) is 0 Å². The summed E-state index contributed by atoms with van der Waals surface area (Å²) in [5, 5.41) is 1.09. The topological polar surface area (TPSA) is 49.0 Å². The van der Waals surface area contributed by atoms with E-state index in [1.807, 2.05) is 18.3 Å². The lowest BCUT2D eigenvalue weighted by atomic mass is 9.77. The Morgan fingerprint density at radius 2 is 1.89 bits per heavy atom. The van der Waals surface area contributed by atoms with Crippen LogP contribution in [0.4, 0.5) is 13.2 Å². The highest BCUT2D eigenvalue weighted by Gasteiger charge is 2.49. The summed E-state index contributed by atoms with van der Waals surface area (Å²) in [6.07, 6.45) is 2.69. The number of H-pyrrole nitrogens is 1. The number of hydrogen-bond acceptors (Lipinski definition) is 2. The number of amides is 1. The lowest BCUT2D eigenvalue weighted by Gasteiger charge is -2.38. The number of carbonyl (C=O) groups excluding carboxylic acids is 1. The van der Waals surface area contributed by atoms with Crippen molar-refractivity contribution in [2.75, 3.05) is 13.1 Å². The van der Waals surface area contributed by atoms with Gasteiger partial charge >= 0.3 is 6.18 Å². The molecule has 1 aliphatic heterocycles. The molecule has 2 aromatic heterocycles. The normalized spacial score (nSPS) is 25.1. The van der Waals surface area contributed by atoms with Crippen LogP contribution in [-0.2, 0) is 4.79 Å². The first kappa shape index (κ1) is 18.3. The highest BCUT2D eigenvalue weighted by molar-refractivity contribution is 5.81. The number of aromatic nitrogens is 2. The standard InChI is InChI=1S/C20H24F3N3O/c21-20(22,23)17-6-2-1-4-15(17)19(27)26-10-7-13(8-11-26)16-12-25-18-14(16)5-3-9-24-18/h3,5,9,12-13,15,17H,1-2,4,6-8,10-11H2,(H,24,25)/t15-,17-/m0/s1. The zero-order chi connectivity index (χ0) is 19.0. The molecule has 2 fully saturated rings. The maximum Gasteiger partial charge on any atom is 0.392 e. The van der Waals surface area contributed by atoms with E-state index >= 15 is 0 Å². The van der Waals surface area contributed by atoms with Gasteiger partial charge in [-0.15, -0.1) is 0 Å². The van der Waals surface area contributed by atoms with Gasteiger partial charge in [-0.3, -0.25) is 4.79 Å². The predicted octanol–water partition coefficient (Wildman–Crippen LogP) is 4.64. The van der Waals surface area contributed by atoms with Crippen LogP contribution in [-0.4, -0.2) is 40.0 Å². The van der Waals surface area contributed by atoms with Gasteiger partial charge in [0.25, 0.3) is 0 Å². The Labute approximate surface area is 156 Å². The third-order valence-corrected chi connectivity index (χ3v) is 6.23. The molecule has 0 radical (unpaired) electrons. The summed E-state index contributed by atoms with van der Waals surface area (Å²) in [7, 11) is 0. The number of carbonyl (C=O) groups is 1. The number of aromatic amines is 1. The Hall–Kier alpha value is -2.05. The van der Waals surface area contributed by atoms with Crippen molar-refractivity contribution in [3.05, 3.63) is 30.1 Å². The summed E-state index contributed by atoms with van der Waals surface area (Å²) in [5.74, 6) is -2.36. The zero-order valence-corrected chi connectivity index (χ0v) is 15.1. The number of nitrogens with zero attached hydrogens (tertiary/aromatic N) is 2. The van der Waals surface area contributed by atoms with Gasteiger partial charge in [0, 0.05) is 36.8 Å². The first-order chi connectivity index (χ1) is 12.9. The monoisotopic (exact) mass is 379 g/mol. The minimum atomic E-state index is -4.28. The Balaban J connectivity index is 1.43. The Kier molecular flexibility index (Phi) is 4.86. The van der Waals surface area contributed by atoms with E-state index in [1.165, 1.54) is 5.56 Å². The van der Waals surface area contributed by atoms with Crippen LogP contribution in [0.2, 0.25) is 0 Å². The van der Waals surface area contributed by atoms with Gasteiger partial charge in [0.15, 0.2) is 0 Å². The fraction of sp³-hybridized carbons (Fsp3) is 0.600. The van der Waals surface area contributed by atoms with Gasteiger partial charge in [-0.05, 0) is 49.3 Å². The summed E-state index contributed by atoms with van der Waals surface area (Å²) >= 11 is 0. The first-order valence-electron chi connectivity index (χ1n) is 9.72. The quantitative estimate of drug-likeness (QED) is 0.827. The van der Waals surface area contributed by atoms with Gasteiger partial charge in [-0.25, -0.2) is 4.98 Å². The van der Waals surface area contributed by atoms with E-state index in [0.717, 1.165) is 23.9 Å². The number of hydrogen-bond donors (Lipinski definition) is 1. The molecule has 3 heterocycles. The summed E-state index contributed by atoms with van der Waals surface area (Å²) in [5.41, 5.74) is 2.04. The molecule has 4 rings (SSSR count). The molecule has 7 heteroatoms. The van der Waals surface area contributed by atoms with E-state index in [9.17, 15) is 18.0 Å². The average Bonchev–Trinajstić information content (AvgIpc) is 3.11. The summed E-state index contributed by atoms with van der Waals surface area (Å²) in [6, 6.07) is 3.93. The molecular formula is C20H24F3N3O. The van der Waals surface area contributed by atoms with Crippen LogP contribution >= 0.6 is 0 Å². The van der Waals surface area contributed by atoms with E-state index in [0.29, 0.717) is 38.3 Å². The minimum absolute atomic E-state index is 0.0821. The fourth-order valence-corrected chi connectivity index (χ4v) is 4.78. The number of alkyl halides is 3. The lowest BCUT2D eigenvalue weighted by Crippen LogP contribution is -2.47. The second-order valence-electron chi connectivity index (χ2n) is 7.78. The maximum absolute atomic E-state index is 13.3. The molecule has 146 valence electrons. The smallest absolute Gasteiger partial charge is 0.346 e. The molecule has 4 nitrogen and oxygen atoms in total. The molecule has 1 amide bonds. The summed E-state index contributed by atoms with van der Waals surface area (Å²) in [6.45, 7) is 1.05. The molecule has 1 N–H and O–H groups in total. The third-order valence-electron chi connectivity index (χ3n) is 6.23. The Bertz CT molecular complexity index is 808. The highest BCUT2D eigenvalue weighted by atomic mass is 19.4. The molecular weight excluding hydrogens is 355 g/mol. The molecule has 0 bridgehead atoms. The van der Waals surface area contributed by atoms with E-state index in [1.54, 1.807) is 11.1 Å². The van der Waals surface area contributed by atoms with Gasteiger partial charge in [0.2, 0.25) is 5.91 Å². The molecule has 1 saturated heterocycles.